The molecule has 3 aromatic rings. The van der Waals surface area contributed by atoms with E-state index in [4.69, 9.17) is 0 Å². The molecule has 5 heteroatoms. The highest BCUT2D eigenvalue weighted by Gasteiger charge is 2.14. The first-order valence-electron chi connectivity index (χ1n) is 7.97. The first-order chi connectivity index (χ1) is 11.2. The van der Waals surface area contributed by atoms with Crippen molar-refractivity contribution < 1.29 is 4.39 Å². The summed E-state index contributed by atoms with van der Waals surface area (Å²) < 4.78 is 14.1. The zero-order valence-electron chi connectivity index (χ0n) is 14.1. The minimum Gasteiger partial charge on any atom is -0.352 e. The lowest BCUT2D eigenvalue weighted by Crippen LogP contribution is -2.24. The standard InChI is InChI=1S/C16H17FN4.C2H6/c1-3-21(9-12-5-4-11(2)8-14(12)17)16-13-6-7-18-15(13)19-10-20-16;1-2/h4-8,10H,3,9H2,1-2H3,(H,18,19,20);1-2H3. The number of nitrogens with one attached hydrogen (secondary N) is 1. The molecule has 3 rings (SSSR count). The van der Waals surface area contributed by atoms with E-state index >= 15 is 0 Å². The van der Waals surface area contributed by atoms with Crippen LogP contribution in [-0.4, -0.2) is 21.5 Å². The van der Waals surface area contributed by atoms with Crippen molar-refractivity contribution in [3.63, 3.8) is 0 Å². The predicted octanol–water partition coefficient (Wildman–Crippen LogP) is 4.46. The zero-order chi connectivity index (χ0) is 16.8. The van der Waals surface area contributed by atoms with Gasteiger partial charge in [0, 0.05) is 24.8 Å². The molecule has 4 nitrogen and oxygen atoms in total. The maximum atomic E-state index is 14.1. The topological polar surface area (TPSA) is 44.8 Å². The molecule has 0 saturated heterocycles. The van der Waals surface area contributed by atoms with Gasteiger partial charge in [-0.05, 0) is 31.5 Å². The van der Waals surface area contributed by atoms with Crippen molar-refractivity contribution in [2.24, 2.45) is 0 Å². The molecular weight excluding hydrogens is 291 g/mol. The van der Waals surface area contributed by atoms with E-state index in [1.807, 2.05) is 57.0 Å². The van der Waals surface area contributed by atoms with Crippen LogP contribution in [0.4, 0.5) is 10.2 Å². The molecule has 0 spiro atoms. The van der Waals surface area contributed by atoms with Crippen molar-refractivity contribution in [3.8, 4) is 0 Å². The molecule has 122 valence electrons. The van der Waals surface area contributed by atoms with Crippen LogP contribution < -0.4 is 4.90 Å². The van der Waals surface area contributed by atoms with Crippen LogP contribution in [0, 0.1) is 12.7 Å². The Labute approximate surface area is 136 Å². The summed E-state index contributed by atoms with van der Waals surface area (Å²) in [5, 5.41) is 0.951. The molecule has 2 heterocycles. The van der Waals surface area contributed by atoms with Crippen LogP contribution in [0.15, 0.2) is 36.8 Å². The highest BCUT2D eigenvalue weighted by molar-refractivity contribution is 5.87. The molecule has 0 fully saturated rings. The van der Waals surface area contributed by atoms with E-state index in [1.54, 1.807) is 6.07 Å². The monoisotopic (exact) mass is 314 g/mol. The van der Waals surface area contributed by atoms with Crippen LogP contribution in [-0.2, 0) is 6.54 Å². The maximum Gasteiger partial charge on any atom is 0.142 e. The fourth-order valence-electron chi connectivity index (χ4n) is 2.43. The summed E-state index contributed by atoms with van der Waals surface area (Å²) in [7, 11) is 0. The van der Waals surface area contributed by atoms with E-state index in [-0.39, 0.29) is 5.82 Å². The number of hydrogen-bond acceptors (Lipinski definition) is 3. The van der Waals surface area contributed by atoms with Crippen LogP contribution in [0.25, 0.3) is 11.0 Å². The highest BCUT2D eigenvalue weighted by atomic mass is 19.1. The van der Waals surface area contributed by atoms with Crippen molar-refractivity contribution in [1.82, 2.24) is 15.0 Å². The Kier molecular flexibility index (Phi) is 5.68. The van der Waals surface area contributed by atoms with Crippen LogP contribution in [0.5, 0.6) is 0 Å². The summed E-state index contributed by atoms with van der Waals surface area (Å²) in [6, 6.07) is 7.27. The number of aromatic nitrogens is 3. The third-order valence-corrected chi connectivity index (χ3v) is 3.58. The van der Waals surface area contributed by atoms with Crippen LogP contribution in [0.1, 0.15) is 31.9 Å². The van der Waals surface area contributed by atoms with E-state index in [0.29, 0.717) is 12.1 Å². The largest absolute Gasteiger partial charge is 0.352 e. The van der Waals surface area contributed by atoms with E-state index in [9.17, 15) is 4.39 Å². The summed E-state index contributed by atoms with van der Waals surface area (Å²) >= 11 is 0. The molecule has 0 aliphatic carbocycles. The first kappa shape index (κ1) is 16.9. The summed E-state index contributed by atoms with van der Waals surface area (Å²) in [5.41, 5.74) is 2.39. The van der Waals surface area contributed by atoms with E-state index < -0.39 is 0 Å². The Bertz CT molecular complexity index is 767. The lowest BCUT2D eigenvalue weighted by molar-refractivity contribution is 0.603. The molecule has 23 heavy (non-hydrogen) atoms. The minimum atomic E-state index is -0.173. The number of nitrogens with zero attached hydrogens (tertiary/aromatic N) is 3. The molecule has 2 aromatic heterocycles. The fraction of sp³-hybridized carbons (Fsp3) is 0.333. The Morgan fingerprint density at radius 2 is 1.96 bits per heavy atom. The number of aromatic amines is 1. The molecule has 0 aliphatic heterocycles. The number of benzene rings is 1. The molecule has 0 amide bonds. The van der Waals surface area contributed by atoms with Crippen LogP contribution >= 0.6 is 0 Å². The van der Waals surface area contributed by atoms with Gasteiger partial charge in [-0.25, -0.2) is 14.4 Å². The molecule has 1 N–H and O–H groups in total. The van der Waals surface area contributed by atoms with Crippen LogP contribution in [0.3, 0.4) is 0 Å². The second-order valence-electron chi connectivity index (χ2n) is 5.05. The Morgan fingerprint density at radius 3 is 2.65 bits per heavy atom. The molecular formula is C18H23FN4. The molecule has 0 bridgehead atoms. The predicted molar refractivity (Wildman–Crippen MR) is 93.1 cm³/mol. The number of fused-ring (bicyclic) bond motifs is 1. The summed E-state index contributed by atoms with van der Waals surface area (Å²) in [5.74, 6) is 0.650. The van der Waals surface area contributed by atoms with Gasteiger partial charge in [-0.15, -0.1) is 0 Å². The Balaban J connectivity index is 0.000000924. The number of aryl methyl sites for hydroxylation is 1. The van der Waals surface area contributed by atoms with Gasteiger partial charge >= 0.3 is 0 Å². The van der Waals surface area contributed by atoms with E-state index in [1.165, 1.54) is 6.33 Å². The van der Waals surface area contributed by atoms with Gasteiger partial charge < -0.3 is 9.88 Å². The minimum absolute atomic E-state index is 0.173. The van der Waals surface area contributed by atoms with Gasteiger partial charge in [0.1, 0.15) is 23.6 Å². The first-order valence-corrected chi connectivity index (χ1v) is 7.97. The molecule has 0 radical (unpaired) electrons. The Morgan fingerprint density at radius 1 is 1.17 bits per heavy atom. The van der Waals surface area contributed by atoms with Gasteiger partial charge in [0.2, 0.25) is 0 Å². The van der Waals surface area contributed by atoms with Crippen molar-refractivity contribution >= 4 is 16.9 Å². The second-order valence-corrected chi connectivity index (χ2v) is 5.05. The third kappa shape index (κ3) is 3.67. The van der Waals surface area contributed by atoms with Crippen molar-refractivity contribution in [1.29, 1.82) is 0 Å². The fourth-order valence-corrected chi connectivity index (χ4v) is 2.43. The highest BCUT2D eigenvalue weighted by Crippen LogP contribution is 2.24. The molecule has 1 aromatic carbocycles. The van der Waals surface area contributed by atoms with Gasteiger partial charge in [0.05, 0.1) is 5.39 Å². The van der Waals surface area contributed by atoms with Crippen molar-refractivity contribution in [2.75, 3.05) is 11.4 Å². The number of anilines is 1. The molecule has 0 unspecified atom stereocenters. The van der Waals surface area contributed by atoms with Crippen molar-refractivity contribution in [3.05, 3.63) is 53.7 Å². The quantitative estimate of drug-likeness (QED) is 0.773. The van der Waals surface area contributed by atoms with Gasteiger partial charge in [-0.1, -0.05) is 26.0 Å². The lowest BCUT2D eigenvalue weighted by atomic mass is 10.1. The zero-order valence-corrected chi connectivity index (χ0v) is 14.1. The normalized spacial score (nSPS) is 10.3. The maximum absolute atomic E-state index is 14.1. The van der Waals surface area contributed by atoms with Crippen molar-refractivity contribution in [2.45, 2.75) is 34.2 Å². The number of rotatable bonds is 4. The lowest BCUT2D eigenvalue weighted by Gasteiger charge is -2.22. The SMILES string of the molecule is CC.CCN(Cc1ccc(C)cc1F)c1ncnc2[nH]ccc12. The van der Waals surface area contributed by atoms with Gasteiger partial charge in [0.25, 0.3) is 0 Å². The van der Waals surface area contributed by atoms with Gasteiger partial charge in [-0.2, -0.15) is 0 Å². The third-order valence-electron chi connectivity index (χ3n) is 3.58. The summed E-state index contributed by atoms with van der Waals surface area (Å²) in [6.07, 6.45) is 3.37. The number of halogens is 1. The van der Waals surface area contributed by atoms with E-state index in [2.05, 4.69) is 15.0 Å². The molecule has 0 aliphatic rings. The number of H-pyrrole nitrogens is 1. The summed E-state index contributed by atoms with van der Waals surface area (Å²) in [4.78, 5) is 13.7. The second kappa shape index (κ2) is 7.72. The average Bonchev–Trinajstić information content (AvgIpc) is 3.05. The summed E-state index contributed by atoms with van der Waals surface area (Å²) in [6.45, 7) is 9.15. The van der Waals surface area contributed by atoms with Crippen LogP contribution in [0.2, 0.25) is 0 Å². The van der Waals surface area contributed by atoms with Gasteiger partial charge in [-0.3, -0.25) is 0 Å². The number of hydrogen-bond donors (Lipinski definition) is 1. The average molecular weight is 314 g/mol. The van der Waals surface area contributed by atoms with E-state index in [0.717, 1.165) is 29.0 Å². The smallest absolute Gasteiger partial charge is 0.142 e. The van der Waals surface area contributed by atoms with Gasteiger partial charge in [0.15, 0.2) is 0 Å². The molecule has 0 saturated carbocycles. The Hall–Kier alpha value is -2.43. The molecule has 0 atom stereocenters.